The molecule has 1 aromatic carbocycles. The molecule has 0 saturated heterocycles. The summed E-state index contributed by atoms with van der Waals surface area (Å²) >= 11 is 0. The maximum Gasteiger partial charge on any atom is 0.416 e. The summed E-state index contributed by atoms with van der Waals surface area (Å²) in [6, 6.07) is 3.30. The number of amides is 1. The van der Waals surface area contributed by atoms with Crippen molar-refractivity contribution in [1.82, 2.24) is 0 Å². The fourth-order valence-electron chi connectivity index (χ4n) is 1.97. The van der Waals surface area contributed by atoms with Gasteiger partial charge in [-0.2, -0.15) is 13.2 Å². The molecule has 0 aliphatic heterocycles. The first-order valence-electron chi connectivity index (χ1n) is 6.64. The molecule has 0 unspecified atom stereocenters. The molecule has 7 heteroatoms. The first kappa shape index (κ1) is 17.1. The molecule has 4 nitrogen and oxygen atoms in total. The third-order valence-corrected chi connectivity index (χ3v) is 2.96. The number of rotatable bonds is 5. The van der Waals surface area contributed by atoms with Crippen LogP contribution in [0.25, 0.3) is 0 Å². The van der Waals surface area contributed by atoms with E-state index in [0.717, 1.165) is 25.7 Å². The summed E-state index contributed by atoms with van der Waals surface area (Å²) in [7, 11) is 1.16. The number of benzene rings is 1. The lowest BCUT2D eigenvalue weighted by Gasteiger charge is -2.26. The van der Waals surface area contributed by atoms with Gasteiger partial charge in [0, 0.05) is 13.1 Å². The van der Waals surface area contributed by atoms with Crippen LogP contribution in [0, 0.1) is 0 Å². The Kier molecular flexibility index (Phi) is 5.87. The summed E-state index contributed by atoms with van der Waals surface area (Å²) in [4.78, 5) is 13.2. The number of ether oxygens (including phenoxy) is 1. The SMILES string of the molecule is CCCN(CC)c1ccc(C(F)(F)F)cc1NC(=O)OC. The molecule has 1 N–H and O–H groups in total. The summed E-state index contributed by atoms with van der Waals surface area (Å²) in [5.74, 6) is 0. The summed E-state index contributed by atoms with van der Waals surface area (Å²) in [5.41, 5.74) is -0.185. The van der Waals surface area contributed by atoms with Crippen LogP contribution < -0.4 is 10.2 Å². The zero-order valence-corrected chi connectivity index (χ0v) is 12.3. The number of halogens is 3. The number of hydrogen-bond acceptors (Lipinski definition) is 3. The van der Waals surface area contributed by atoms with Crippen molar-refractivity contribution < 1.29 is 22.7 Å². The van der Waals surface area contributed by atoms with Gasteiger partial charge in [0.15, 0.2) is 0 Å². The molecule has 1 amide bonds. The Balaban J connectivity index is 3.25. The predicted molar refractivity (Wildman–Crippen MR) is 75.6 cm³/mol. The van der Waals surface area contributed by atoms with Crippen molar-refractivity contribution in [1.29, 1.82) is 0 Å². The summed E-state index contributed by atoms with van der Waals surface area (Å²) in [6.07, 6.45) is -4.43. The Labute approximate surface area is 121 Å². The van der Waals surface area contributed by atoms with Gasteiger partial charge in [0.1, 0.15) is 0 Å². The number of anilines is 2. The lowest BCUT2D eigenvalue weighted by atomic mass is 10.1. The topological polar surface area (TPSA) is 41.6 Å². The van der Waals surface area contributed by atoms with Crippen LogP contribution in [0.3, 0.4) is 0 Å². The first-order chi connectivity index (χ1) is 9.83. The average Bonchev–Trinajstić information content (AvgIpc) is 2.44. The lowest BCUT2D eigenvalue weighted by Crippen LogP contribution is -2.25. The van der Waals surface area contributed by atoms with E-state index in [1.54, 1.807) is 0 Å². The minimum Gasteiger partial charge on any atom is -0.453 e. The van der Waals surface area contributed by atoms with Crippen LogP contribution in [0.1, 0.15) is 25.8 Å². The quantitative estimate of drug-likeness (QED) is 0.889. The van der Waals surface area contributed by atoms with Gasteiger partial charge in [-0.05, 0) is 31.5 Å². The number of methoxy groups -OCH3 is 1. The van der Waals surface area contributed by atoms with Crippen LogP contribution in [-0.2, 0) is 10.9 Å². The average molecular weight is 304 g/mol. The molecule has 0 aliphatic carbocycles. The van der Waals surface area contributed by atoms with E-state index in [1.165, 1.54) is 6.07 Å². The van der Waals surface area contributed by atoms with E-state index in [9.17, 15) is 18.0 Å². The minimum absolute atomic E-state index is 0.0898. The van der Waals surface area contributed by atoms with Gasteiger partial charge in [-0.25, -0.2) is 4.79 Å². The zero-order chi connectivity index (χ0) is 16.0. The van der Waals surface area contributed by atoms with Crippen LogP contribution in [0.4, 0.5) is 29.3 Å². The standard InChI is InChI=1S/C14H19F3N2O2/c1-4-8-19(5-2)12-7-6-10(14(15,16)17)9-11(12)18-13(20)21-3/h6-7,9H,4-5,8H2,1-3H3,(H,18,20). The van der Waals surface area contributed by atoms with E-state index in [2.05, 4.69) is 10.1 Å². The summed E-state index contributed by atoms with van der Waals surface area (Å²) in [6.45, 7) is 5.17. The molecule has 0 fully saturated rings. The predicted octanol–water partition coefficient (Wildman–Crippen LogP) is 4.12. The molecule has 1 rings (SSSR count). The van der Waals surface area contributed by atoms with Gasteiger partial charge in [-0.15, -0.1) is 0 Å². The molecule has 1 aromatic rings. The Morgan fingerprint density at radius 1 is 1.33 bits per heavy atom. The van der Waals surface area contributed by atoms with E-state index in [0.29, 0.717) is 18.8 Å². The van der Waals surface area contributed by atoms with Crippen molar-refractivity contribution in [3.05, 3.63) is 23.8 Å². The Bertz CT molecular complexity index is 490. The van der Waals surface area contributed by atoms with E-state index in [-0.39, 0.29) is 5.69 Å². The van der Waals surface area contributed by atoms with Crippen LogP contribution in [-0.4, -0.2) is 26.3 Å². The number of alkyl halides is 3. The molecular formula is C14H19F3N2O2. The van der Waals surface area contributed by atoms with Crippen molar-refractivity contribution in [3.8, 4) is 0 Å². The smallest absolute Gasteiger partial charge is 0.416 e. The van der Waals surface area contributed by atoms with Gasteiger partial charge >= 0.3 is 12.3 Å². The Hall–Kier alpha value is -1.92. The second-order valence-electron chi connectivity index (χ2n) is 4.43. The van der Waals surface area contributed by atoms with Gasteiger partial charge < -0.3 is 9.64 Å². The molecular weight excluding hydrogens is 285 g/mol. The number of nitrogens with zero attached hydrogens (tertiary/aromatic N) is 1. The van der Waals surface area contributed by atoms with Crippen LogP contribution in [0.15, 0.2) is 18.2 Å². The van der Waals surface area contributed by atoms with Crippen LogP contribution >= 0.6 is 0 Å². The van der Waals surface area contributed by atoms with Crippen molar-refractivity contribution in [2.24, 2.45) is 0 Å². The van der Waals surface area contributed by atoms with Gasteiger partial charge in [-0.3, -0.25) is 5.32 Å². The molecule has 0 aliphatic rings. The largest absolute Gasteiger partial charge is 0.453 e. The lowest BCUT2D eigenvalue weighted by molar-refractivity contribution is -0.137. The van der Waals surface area contributed by atoms with E-state index < -0.39 is 17.8 Å². The Morgan fingerprint density at radius 3 is 2.48 bits per heavy atom. The normalized spacial score (nSPS) is 11.1. The highest BCUT2D eigenvalue weighted by atomic mass is 19.4. The molecule has 0 atom stereocenters. The number of carbonyl (C=O) groups excluding carboxylic acids is 1. The van der Waals surface area contributed by atoms with Crippen molar-refractivity contribution >= 4 is 17.5 Å². The molecule has 118 valence electrons. The molecule has 0 radical (unpaired) electrons. The maximum atomic E-state index is 12.8. The van der Waals surface area contributed by atoms with Gasteiger partial charge in [0.2, 0.25) is 0 Å². The molecule has 0 aromatic heterocycles. The highest BCUT2D eigenvalue weighted by Crippen LogP contribution is 2.35. The Morgan fingerprint density at radius 2 is 2.00 bits per heavy atom. The van der Waals surface area contributed by atoms with Gasteiger partial charge in [0.05, 0.1) is 24.0 Å². The maximum absolute atomic E-state index is 12.8. The summed E-state index contributed by atoms with van der Waals surface area (Å²) < 4.78 is 42.8. The van der Waals surface area contributed by atoms with E-state index in [1.807, 2.05) is 18.7 Å². The van der Waals surface area contributed by atoms with Gasteiger partial charge in [0.25, 0.3) is 0 Å². The second kappa shape index (κ2) is 7.19. The molecule has 0 heterocycles. The number of nitrogens with one attached hydrogen (secondary N) is 1. The minimum atomic E-state index is -4.47. The molecule has 0 spiro atoms. The van der Waals surface area contributed by atoms with E-state index in [4.69, 9.17) is 0 Å². The van der Waals surface area contributed by atoms with Crippen LogP contribution in [0.2, 0.25) is 0 Å². The molecule has 21 heavy (non-hydrogen) atoms. The van der Waals surface area contributed by atoms with E-state index >= 15 is 0 Å². The zero-order valence-electron chi connectivity index (χ0n) is 12.3. The van der Waals surface area contributed by atoms with Crippen molar-refractivity contribution in [2.75, 3.05) is 30.4 Å². The highest BCUT2D eigenvalue weighted by molar-refractivity contribution is 5.90. The third-order valence-electron chi connectivity index (χ3n) is 2.96. The highest BCUT2D eigenvalue weighted by Gasteiger charge is 2.31. The number of carbonyl (C=O) groups is 1. The van der Waals surface area contributed by atoms with Crippen molar-refractivity contribution in [3.63, 3.8) is 0 Å². The molecule has 0 saturated carbocycles. The summed E-state index contributed by atoms with van der Waals surface area (Å²) in [5, 5.41) is 2.34. The second-order valence-corrected chi connectivity index (χ2v) is 4.43. The van der Waals surface area contributed by atoms with Gasteiger partial charge in [-0.1, -0.05) is 6.92 Å². The van der Waals surface area contributed by atoms with Crippen LogP contribution in [0.5, 0.6) is 0 Å². The van der Waals surface area contributed by atoms with Crippen molar-refractivity contribution in [2.45, 2.75) is 26.4 Å². The first-order valence-corrected chi connectivity index (χ1v) is 6.64. The molecule has 0 bridgehead atoms. The fourth-order valence-corrected chi connectivity index (χ4v) is 1.97. The third kappa shape index (κ3) is 4.54. The number of hydrogen-bond donors (Lipinski definition) is 1. The fraction of sp³-hybridized carbons (Fsp3) is 0.500. The monoisotopic (exact) mass is 304 g/mol.